The Morgan fingerprint density at radius 1 is 1.33 bits per heavy atom. The second-order valence-corrected chi connectivity index (χ2v) is 5.28. The van der Waals surface area contributed by atoms with Gasteiger partial charge in [0.1, 0.15) is 0 Å². The monoisotopic (exact) mass is 229 g/mol. The van der Waals surface area contributed by atoms with E-state index >= 15 is 0 Å². The molecule has 0 aromatic heterocycles. The van der Waals surface area contributed by atoms with E-state index in [0.29, 0.717) is 5.91 Å². The highest BCUT2D eigenvalue weighted by molar-refractivity contribution is 7.99. The van der Waals surface area contributed by atoms with Crippen molar-refractivity contribution in [3.05, 3.63) is 0 Å². The summed E-state index contributed by atoms with van der Waals surface area (Å²) in [4.78, 5) is 16.4. The Morgan fingerprint density at radius 2 is 2.20 bits per heavy atom. The zero-order chi connectivity index (χ0) is 10.7. The third-order valence-electron chi connectivity index (χ3n) is 3.05. The summed E-state index contributed by atoms with van der Waals surface area (Å²) in [6, 6.07) is 0.0680. The van der Waals surface area contributed by atoms with E-state index in [2.05, 4.69) is 17.3 Å². The van der Waals surface area contributed by atoms with Gasteiger partial charge in [-0.1, -0.05) is 0 Å². The van der Waals surface area contributed by atoms with Crippen molar-refractivity contribution in [2.45, 2.75) is 12.5 Å². The van der Waals surface area contributed by atoms with E-state index in [1.807, 2.05) is 16.7 Å². The van der Waals surface area contributed by atoms with E-state index in [-0.39, 0.29) is 6.04 Å². The molecule has 0 aromatic carbocycles. The lowest BCUT2D eigenvalue weighted by molar-refractivity contribution is -0.132. The maximum atomic E-state index is 12.1. The van der Waals surface area contributed by atoms with Crippen LogP contribution in [0, 0.1) is 0 Å². The summed E-state index contributed by atoms with van der Waals surface area (Å²) in [5.41, 5.74) is 0. The minimum absolute atomic E-state index is 0.0680. The second kappa shape index (κ2) is 5.18. The van der Waals surface area contributed by atoms with Gasteiger partial charge < -0.3 is 9.80 Å². The molecule has 86 valence electrons. The highest BCUT2D eigenvalue weighted by Crippen LogP contribution is 2.13. The van der Waals surface area contributed by atoms with Gasteiger partial charge >= 0.3 is 0 Å². The van der Waals surface area contributed by atoms with Crippen LogP contribution >= 0.6 is 11.8 Å². The molecule has 2 saturated heterocycles. The molecule has 2 aliphatic heterocycles. The molecule has 0 spiro atoms. The summed E-state index contributed by atoms with van der Waals surface area (Å²) < 4.78 is 0. The molecule has 1 unspecified atom stereocenters. The molecule has 2 aliphatic rings. The summed E-state index contributed by atoms with van der Waals surface area (Å²) in [7, 11) is 2.12. The molecule has 0 aromatic rings. The van der Waals surface area contributed by atoms with Gasteiger partial charge in [0.05, 0.1) is 6.04 Å². The van der Waals surface area contributed by atoms with Crippen LogP contribution < -0.4 is 5.32 Å². The first-order valence-electron chi connectivity index (χ1n) is 5.56. The predicted molar refractivity (Wildman–Crippen MR) is 62.9 cm³/mol. The summed E-state index contributed by atoms with van der Waals surface area (Å²) in [5, 5.41) is 3.24. The minimum atomic E-state index is 0.0680. The third kappa shape index (κ3) is 2.86. The number of hydrogen-bond acceptors (Lipinski definition) is 4. The van der Waals surface area contributed by atoms with Gasteiger partial charge in [0, 0.05) is 31.3 Å². The predicted octanol–water partition coefficient (Wildman–Crippen LogP) is -0.187. The van der Waals surface area contributed by atoms with Gasteiger partial charge in [-0.2, -0.15) is 0 Å². The molecular formula is C10H19N3OS. The molecular weight excluding hydrogens is 210 g/mol. The van der Waals surface area contributed by atoms with Crippen molar-refractivity contribution in [2.75, 3.05) is 44.9 Å². The van der Waals surface area contributed by atoms with Crippen LogP contribution in [0.4, 0.5) is 0 Å². The summed E-state index contributed by atoms with van der Waals surface area (Å²) in [6.45, 7) is 3.92. The maximum absolute atomic E-state index is 12.1. The lowest BCUT2D eigenvalue weighted by atomic mass is 10.2. The highest BCUT2D eigenvalue weighted by atomic mass is 32.2. The topological polar surface area (TPSA) is 35.6 Å². The molecule has 2 fully saturated rings. The van der Waals surface area contributed by atoms with E-state index in [0.717, 1.165) is 44.2 Å². The van der Waals surface area contributed by atoms with Gasteiger partial charge in [-0.15, -0.1) is 11.8 Å². The van der Waals surface area contributed by atoms with Crippen LogP contribution in [0.5, 0.6) is 0 Å². The number of carbonyl (C=O) groups excluding carboxylic acids is 1. The summed E-state index contributed by atoms with van der Waals surface area (Å²) in [6.07, 6.45) is 1.10. The molecule has 0 bridgehead atoms. The largest absolute Gasteiger partial charge is 0.340 e. The van der Waals surface area contributed by atoms with Crippen molar-refractivity contribution in [2.24, 2.45) is 0 Å². The fourth-order valence-corrected chi connectivity index (χ4v) is 2.97. The van der Waals surface area contributed by atoms with Crippen molar-refractivity contribution in [1.29, 1.82) is 0 Å². The Labute approximate surface area is 95.4 Å². The Kier molecular flexibility index (Phi) is 3.88. The zero-order valence-electron chi connectivity index (χ0n) is 9.24. The van der Waals surface area contributed by atoms with Crippen molar-refractivity contribution < 1.29 is 4.79 Å². The highest BCUT2D eigenvalue weighted by Gasteiger charge is 2.27. The van der Waals surface area contributed by atoms with Crippen LogP contribution in [0.3, 0.4) is 0 Å². The number of rotatable bonds is 1. The first-order chi connectivity index (χ1) is 7.27. The minimum Gasteiger partial charge on any atom is -0.340 e. The SMILES string of the molecule is CN1CCCN(C(=O)C2CSCN2)CC1. The molecule has 1 N–H and O–H groups in total. The number of nitrogens with zero attached hydrogens (tertiary/aromatic N) is 2. The molecule has 4 nitrogen and oxygen atoms in total. The van der Waals surface area contributed by atoms with Crippen molar-refractivity contribution >= 4 is 17.7 Å². The number of amides is 1. The standard InChI is InChI=1S/C10H19N3OS/c1-12-3-2-4-13(6-5-12)10(14)9-7-15-8-11-9/h9,11H,2-8H2,1H3. The van der Waals surface area contributed by atoms with E-state index in [1.54, 1.807) is 0 Å². The summed E-state index contributed by atoms with van der Waals surface area (Å²) in [5.74, 6) is 2.16. The number of nitrogens with one attached hydrogen (secondary N) is 1. The van der Waals surface area contributed by atoms with Crippen LogP contribution in [-0.4, -0.2) is 66.6 Å². The first-order valence-corrected chi connectivity index (χ1v) is 6.71. The second-order valence-electron chi connectivity index (χ2n) is 4.25. The molecule has 1 atom stereocenters. The van der Waals surface area contributed by atoms with Crippen LogP contribution in [0.1, 0.15) is 6.42 Å². The number of carbonyl (C=O) groups is 1. The average Bonchev–Trinajstić information content (AvgIpc) is 2.67. The van der Waals surface area contributed by atoms with Gasteiger partial charge in [-0.05, 0) is 20.0 Å². The molecule has 0 saturated carbocycles. The lowest BCUT2D eigenvalue weighted by Crippen LogP contribution is -2.46. The van der Waals surface area contributed by atoms with Crippen LogP contribution in [0.25, 0.3) is 0 Å². The van der Waals surface area contributed by atoms with Crippen molar-refractivity contribution in [1.82, 2.24) is 15.1 Å². The van der Waals surface area contributed by atoms with Crippen LogP contribution in [0.2, 0.25) is 0 Å². The lowest BCUT2D eigenvalue weighted by Gasteiger charge is -2.23. The van der Waals surface area contributed by atoms with Gasteiger partial charge in [0.15, 0.2) is 0 Å². The molecule has 15 heavy (non-hydrogen) atoms. The van der Waals surface area contributed by atoms with Crippen LogP contribution in [0.15, 0.2) is 0 Å². The molecule has 5 heteroatoms. The Morgan fingerprint density at radius 3 is 2.93 bits per heavy atom. The van der Waals surface area contributed by atoms with E-state index in [9.17, 15) is 4.79 Å². The first kappa shape index (κ1) is 11.2. The fourth-order valence-electron chi connectivity index (χ4n) is 2.04. The Bertz CT molecular complexity index is 231. The van der Waals surface area contributed by atoms with Crippen molar-refractivity contribution in [3.8, 4) is 0 Å². The average molecular weight is 229 g/mol. The van der Waals surface area contributed by atoms with E-state index < -0.39 is 0 Å². The van der Waals surface area contributed by atoms with Gasteiger partial charge in [-0.25, -0.2) is 0 Å². The quantitative estimate of drug-likeness (QED) is 0.676. The van der Waals surface area contributed by atoms with Crippen molar-refractivity contribution in [3.63, 3.8) is 0 Å². The molecule has 0 aliphatic carbocycles. The normalized spacial score (nSPS) is 29.1. The molecule has 0 radical (unpaired) electrons. The van der Waals surface area contributed by atoms with Gasteiger partial charge in [-0.3, -0.25) is 10.1 Å². The molecule has 2 rings (SSSR count). The molecule has 1 amide bonds. The van der Waals surface area contributed by atoms with Gasteiger partial charge in [0.2, 0.25) is 5.91 Å². The van der Waals surface area contributed by atoms with Gasteiger partial charge in [0.25, 0.3) is 0 Å². The smallest absolute Gasteiger partial charge is 0.240 e. The number of thioether (sulfide) groups is 1. The fraction of sp³-hybridized carbons (Fsp3) is 0.900. The maximum Gasteiger partial charge on any atom is 0.240 e. The zero-order valence-corrected chi connectivity index (χ0v) is 10.1. The van der Waals surface area contributed by atoms with Crippen LogP contribution in [-0.2, 0) is 4.79 Å². The number of hydrogen-bond donors (Lipinski definition) is 1. The van der Waals surface area contributed by atoms with E-state index in [1.165, 1.54) is 0 Å². The summed E-state index contributed by atoms with van der Waals surface area (Å²) >= 11 is 1.81. The van der Waals surface area contributed by atoms with E-state index in [4.69, 9.17) is 0 Å². The Balaban J connectivity index is 1.88. The molecule has 2 heterocycles. The number of likely N-dealkylation sites (N-methyl/N-ethyl adjacent to an activating group) is 1. The third-order valence-corrected chi connectivity index (χ3v) is 3.99. The Hall–Kier alpha value is -0.260.